The van der Waals surface area contributed by atoms with E-state index in [1.807, 2.05) is 30.3 Å². The van der Waals surface area contributed by atoms with Crippen LogP contribution in [0.3, 0.4) is 0 Å². The molecule has 0 nitrogen and oxygen atoms in total. The van der Waals surface area contributed by atoms with Crippen molar-refractivity contribution in [1.82, 2.24) is 0 Å². The Morgan fingerprint density at radius 2 is 0.964 bits per heavy atom. The highest BCUT2D eigenvalue weighted by Gasteiger charge is 2.47. The van der Waals surface area contributed by atoms with Crippen molar-refractivity contribution in [1.29, 1.82) is 0 Å². The minimum atomic E-state index is -2.19. The van der Waals surface area contributed by atoms with E-state index in [9.17, 15) is 0 Å². The van der Waals surface area contributed by atoms with Gasteiger partial charge < -0.3 is 12.4 Å². The first-order valence-corrected chi connectivity index (χ1v) is 11.1. The third-order valence-electron chi connectivity index (χ3n) is 4.92. The van der Waals surface area contributed by atoms with Gasteiger partial charge in [-0.1, -0.05) is 78.9 Å². The molecule has 0 aliphatic carbocycles. The molecule has 3 heteroatoms. The molecule has 4 aromatic rings. The predicted octanol–water partition coefficient (Wildman–Crippen LogP) is 2.32. The van der Waals surface area contributed by atoms with Crippen LogP contribution in [0.1, 0.15) is 5.56 Å². The number of rotatable bonds is 5. The summed E-state index contributed by atoms with van der Waals surface area (Å²) in [6.07, 6.45) is 0.794. The largest absolute Gasteiger partial charge is 1.00 e. The lowest BCUT2D eigenvalue weighted by molar-refractivity contribution is -0.00000583. The van der Waals surface area contributed by atoms with Gasteiger partial charge in [-0.15, -0.1) is 0 Å². The van der Waals surface area contributed by atoms with Gasteiger partial charge in [0.2, 0.25) is 0 Å². The van der Waals surface area contributed by atoms with E-state index in [4.69, 9.17) is 0 Å². The van der Waals surface area contributed by atoms with Gasteiger partial charge in [0.25, 0.3) is 0 Å². The fourth-order valence-electron chi connectivity index (χ4n) is 3.68. The molecule has 0 atom stereocenters. The molecular formula is C25H21ClFP. The Balaban J connectivity index is 0.00000225. The molecule has 0 saturated carbocycles. The van der Waals surface area contributed by atoms with Crippen LogP contribution in [0.4, 0.5) is 4.39 Å². The summed E-state index contributed by atoms with van der Waals surface area (Å²) in [5.74, 6) is -0.130. The van der Waals surface area contributed by atoms with Crippen LogP contribution in [-0.4, -0.2) is 0 Å². The maximum absolute atomic E-state index is 15.2. The summed E-state index contributed by atoms with van der Waals surface area (Å²) in [5.41, 5.74) is 1.22. The molecule has 0 fully saturated rings. The molecule has 0 aliphatic heterocycles. The molecule has 4 rings (SSSR count). The highest BCUT2D eigenvalue weighted by atomic mass is 35.5. The van der Waals surface area contributed by atoms with Gasteiger partial charge in [0.05, 0.1) is 6.16 Å². The average molecular weight is 407 g/mol. The van der Waals surface area contributed by atoms with E-state index in [-0.39, 0.29) is 18.2 Å². The molecule has 0 saturated heterocycles. The van der Waals surface area contributed by atoms with Crippen LogP contribution in [0.15, 0.2) is 115 Å². The quantitative estimate of drug-likeness (QED) is 0.446. The lowest BCUT2D eigenvalue weighted by atomic mass is 10.2. The third-order valence-corrected chi connectivity index (χ3v) is 9.30. The van der Waals surface area contributed by atoms with Crippen molar-refractivity contribution < 1.29 is 16.8 Å². The van der Waals surface area contributed by atoms with Crippen LogP contribution < -0.4 is 28.3 Å². The van der Waals surface area contributed by atoms with Gasteiger partial charge in [0, 0.05) is 0 Å². The van der Waals surface area contributed by atoms with Crippen molar-refractivity contribution in [2.45, 2.75) is 6.16 Å². The summed E-state index contributed by atoms with van der Waals surface area (Å²) in [6, 6.07) is 38.5. The Kier molecular flexibility index (Phi) is 6.62. The molecule has 0 heterocycles. The van der Waals surface area contributed by atoms with Crippen LogP contribution in [0.5, 0.6) is 0 Å². The van der Waals surface area contributed by atoms with Crippen molar-refractivity contribution in [2.24, 2.45) is 0 Å². The first kappa shape index (κ1) is 20.3. The number of halogens is 2. The van der Waals surface area contributed by atoms with Crippen molar-refractivity contribution in [2.75, 3.05) is 0 Å². The standard InChI is InChI=1S/C25H21FP.ClH/c26-24-18-10-11-19-25(24)27(22-14-6-2-7-15-22,23-16-8-3-9-17-23)20-21-12-4-1-5-13-21;/h1-19H,20H2;1H/q+1;/p-1. The van der Waals surface area contributed by atoms with Gasteiger partial charge in [-0.05, 0) is 42.0 Å². The molecule has 0 spiro atoms. The van der Waals surface area contributed by atoms with Crippen LogP contribution >= 0.6 is 7.26 Å². The van der Waals surface area contributed by atoms with Crippen molar-refractivity contribution in [3.63, 3.8) is 0 Å². The molecule has 0 N–H and O–H groups in total. The monoisotopic (exact) mass is 406 g/mol. The van der Waals surface area contributed by atoms with E-state index >= 15 is 4.39 Å². The summed E-state index contributed by atoms with van der Waals surface area (Å²) in [6.45, 7) is 0. The summed E-state index contributed by atoms with van der Waals surface area (Å²) in [4.78, 5) is 0. The Hall–Kier alpha value is -2.47. The van der Waals surface area contributed by atoms with Gasteiger partial charge in [-0.3, -0.25) is 0 Å². The fourth-order valence-corrected chi connectivity index (χ4v) is 7.97. The van der Waals surface area contributed by atoms with E-state index in [2.05, 4.69) is 72.8 Å². The minimum absolute atomic E-state index is 0. The Bertz CT molecular complexity index is 965. The number of benzene rings is 4. The van der Waals surface area contributed by atoms with Crippen molar-refractivity contribution in [3.05, 3.63) is 127 Å². The van der Waals surface area contributed by atoms with Crippen LogP contribution in [-0.2, 0) is 6.16 Å². The molecule has 140 valence electrons. The third kappa shape index (κ3) is 3.87. The maximum atomic E-state index is 15.2. The number of hydrogen-bond acceptors (Lipinski definition) is 0. The van der Waals surface area contributed by atoms with Crippen molar-refractivity contribution >= 4 is 23.2 Å². The fraction of sp³-hybridized carbons (Fsp3) is 0.0400. The topological polar surface area (TPSA) is 0 Å². The highest BCUT2D eigenvalue weighted by molar-refractivity contribution is 7.95. The Labute approximate surface area is 172 Å². The zero-order valence-corrected chi connectivity index (χ0v) is 17.0. The molecule has 0 bridgehead atoms. The van der Waals surface area contributed by atoms with Crippen molar-refractivity contribution in [3.8, 4) is 0 Å². The van der Waals surface area contributed by atoms with Gasteiger partial charge in [-0.2, -0.15) is 0 Å². The second kappa shape index (κ2) is 9.15. The molecule has 0 unspecified atom stereocenters. The van der Waals surface area contributed by atoms with E-state index in [0.717, 1.165) is 11.5 Å². The summed E-state index contributed by atoms with van der Waals surface area (Å²) in [7, 11) is -2.19. The zero-order chi connectivity index (χ0) is 18.5. The summed E-state index contributed by atoms with van der Waals surface area (Å²) in [5, 5.41) is 3.21. The predicted molar refractivity (Wildman–Crippen MR) is 115 cm³/mol. The Morgan fingerprint density at radius 1 is 0.536 bits per heavy atom. The van der Waals surface area contributed by atoms with Gasteiger partial charge in [0.15, 0.2) is 5.82 Å². The van der Waals surface area contributed by atoms with E-state index in [1.54, 1.807) is 12.1 Å². The van der Waals surface area contributed by atoms with E-state index < -0.39 is 7.26 Å². The summed E-state index contributed by atoms with van der Waals surface area (Å²) < 4.78 is 15.2. The second-order valence-electron chi connectivity index (χ2n) is 6.58. The lowest BCUT2D eigenvalue weighted by Gasteiger charge is -2.28. The average Bonchev–Trinajstić information content (AvgIpc) is 2.75. The first-order valence-electron chi connectivity index (χ1n) is 9.09. The molecule has 4 aromatic carbocycles. The van der Waals surface area contributed by atoms with Crippen LogP contribution in [0, 0.1) is 5.82 Å². The lowest BCUT2D eigenvalue weighted by Crippen LogP contribution is -3.00. The highest BCUT2D eigenvalue weighted by Crippen LogP contribution is 2.58. The molecular weight excluding hydrogens is 386 g/mol. The van der Waals surface area contributed by atoms with E-state index in [1.165, 1.54) is 16.2 Å². The first-order chi connectivity index (χ1) is 13.3. The van der Waals surface area contributed by atoms with Gasteiger partial charge >= 0.3 is 0 Å². The molecule has 0 aromatic heterocycles. The summed E-state index contributed by atoms with van der Waals surface area (Å²) >= 11 is 0. The smallest absolute Gasteiger partial charge is 0.166 e. The van der Waals surface area contributed by atoms with Gasteiger partial charge in [-0.25, -0.2) is 4.39 Å². The molecule has 28 heavy (non-hydrogen) atoms. The molecule has 0 radical (unpaired) electrons. The van der Waals surface area contributed by atoms with Crippen LogP contribution in [0.25, 0.3) is 0 Å². The second-order valence-corrected chi connectivity index (χ2v) is 10.0. The normalized spacial score (nSPS) is 10.9. The number of hydrogen-bond donors (Lipinski definition) is 0. The van der Waals surface area contributed by atoms with Crippen LogP contribution in [0.2, 0.25) is 0 Å². The molecule has 0 amide bonds. The SMILES string of the molecule is Fc1ccccc1[P+](Cc1ccccc1)(c1ccccc1)c1ccccc1.[Cl-]. The zero-order valence-electron chi connectivity index (χ0n) is 15.4. The maximum Gasteiger partial charge on any atom is 0.166 e. The molecule has 0 aliphatic rings. The Morgan fingerprint density at radius 3 is 1.46 bits per heavy atom. The van der Waals surface area contributed by atoms with Gasteiger partial charge in [0.1, 0.15) is 23.2 Å². The van der Waals surface area contributed by atoms with E-state index in [0.29, 0.717) is 0 Å². The minimum Gasteiger partial charge on any atom is -1.00 e.